The number of carbonyl (C=O) groups excluding carboxylic acids is 1. The molecule has 3 rings (SSSR count). The fourth-order valence-electron chi connectivity index (χ4n) is 2.95. The Balaban J connectivity index is 1.62. The molecule has 1 saturated heterocycles. The number of likely N-dealkylation sites (N-methyl/N-ethyl adjacent to an activating group) is 1. The summed E-state index contributed by atoms with van der Waals surface area (Å²) in [5, 5.41) is 3.29. The molecule has 1 unspecified atom stereocenters. The summed E-state index contributed by atoms with van der Waals surface area (Å²) in [7, 11) is -1.57. The average Bonchev–Trinajstić information content (AvgIpc) is 2.70. The van der Waals surface area contributed by atoms with Crippen molar-refractivity contribution < 1.29 is 17.9 Å². The lowest BCUT2D eigenvalue weighted by Crippen LogP contribution is -2.46. The van der Waals surface area contributed by atoms with E-state index in [1.165, 1.54) is 16.4 Å². The van der Waals surface area contributed by atoms with E-state index in [0.717, 1.165) is 0 Å². The minimum atomic E-state index is -3.54. The van der Waals surface area contributed by atoms with E-state index in [2.05, 4.69) is 26.1 Å². The maximum Gasteiger partial charge on any atom is 0.265 e. The van der Waals surface area contributed by atoms with Crippen LogP contribution in [0.3, 0.4) is 0 Å². The molecular formula is C20H23BrClN3O4S. The molecule has 1 aliphatic heterocycles. The van der Waals surface area contributed by atoms with Crippen LogP contribution in [-0.4, -0.2) is 62.9 Å². The van der Waals surface area contributed by atoms with Crippen molar-refractivity contribution in [2.24, 2.45) is 0 Å². The van der Waals surface area contributed by atoms with Crippen molar-refractivity contribution in [2.75, 3.05) is 38.5 Å². The van der Waals surface area contributed by atoms with Gasteiger partial charge in [-0.05, 0) is 72.4 Å². The van der Waals surface area contributed by atoms with Gasteiger partial charge in [-0.1, -0.05) is 11.6 Å². The summed E-state index contributed by atoms with van der Waals surface area (Å²) < 4.78 is 33.4. The van der Waals surface area contributed by atoms with Crippen LogP contribution in [0.4, 0.5) is 5.69 Å². The molecule has 0 aliphatic carbocycles. The first kappa shape index (κ1) is 23.0. The van der Waals surface area contributed by atoms with Crippen LogP contribution in [0.25, 0.3) is 0 Å². The number of nitrogens with zero attached hydrogens (tertiary/aromatic N) is 2. The standard InChI is InChI=1S/C20H23BrClN3O4S/c1-14(29-19-8-3-15(22)13-18(19)21)20(26)23-16-4-6-17(7-5-16)30(27,28)25-11-9-24(2)10-12-25/h3-8,13-14H,9-12H2,1-2H3,(H,23,26). The van der Waals surface area contributed by atoms with Crippen molar-refractivity contribution in [3.05, 3.63) is 52.0 Å². The third-order valence-corrected chi connectivity index (χ3v) is 7.56. The molecule has 1 amide bonds. The quantitative estimate of drug-likeness (QED) is 0.636. The van der Waals surface area contributed by atoms with E-state index in [4.69, 9.17) is 16.3 Å². The highest BCUT2D eigenvalue weighted by Crippen LogP contribution is 2.29. The van der Waals surface area contributed by atoms with Gasteiger partial charge in [0.15, 0.2) is 6.10 Å². The second-order valence-electron chi connectivity index (χ2n) is 7.06. The lowest BCUT2D eigenvalue weighted by Gasteiger charge is -2.31. The Kier molecular flexibility index (Phi) is 7.41. The van der Waals surface area contributed by atoms with Gasteiger partial charge >= 0.3 is 0 Å². The molecule has 1 atom stereocenters. The number of benzene rings is 2. The van der Waals surface area contributed by atoms with Gasteiger partial charge in [-0.3, -0.25) is 4.79 Å². The molecule has 0 spiro atoms. The Morgan fingerprint density at radius 2 is 1.77 bits per heavy atom. The van der Waals surface area contributed by atoms with Gasteiger partial charge in [0.25, 0.3) is 5.91 Å². The van der Waals surface area contributed by atoms with Crippen LogP contribution in [-0.2, 0) is 14.8 Å². The SMILES string of the molecule is CC(Oc1ccc(Cl)cc1Br)C(=O)Nc1ccc(S(=O)(=O)N2CCN(C)CC2)cc1. The minimum absolute atomic E-state index is 0.208. The molecule has 0 saturated carbocycles. The number of anilines is 1. The number of piperazine rings is 1. The van der Waals surface area contributed by atoms with Gasteiger partial charge in [0, 0.05) is 36.9 Å². The van der Waals surface area contributed by atoms with Gasteiger partial charge < -0.3 is 15.0 Å². The van der Waals surface area contributed by atoms with E-state index in [1.807, 2.05) is 7.05 Å². The predicted molar refractivity (Wildman–Crippen MR) is 121 cm³/mol. The van der Waals surface area contributed by atoms with Gasteiger partial charge in [-0.2, -0.15) is 4.31 Å². The van der Waals surface area contributed by atoms with Crippen molar-refractivity contribution in [3.8, 4) is 5.75 Å². The first-order valence-corrected chi connectivity index (χ1v) is 12.0. The van der Waals surface area contributed by atoms with Crippen molar-refractivity contribution in [1.82, 2.24) is 9.21 Å². The number of sulfonamides is 1. The predicted octanol–water partition coefficient (Wildman–Crippen LogP) is 3.44. The molecule has 0 radical (unpaired) electrons. The first-order valence-electron chi connectivity index (χ1n) is 9.38. The number of nitrogens with one attached hydrogen (secondary N) is 1. The summed E-state index contributed by atoms with van der Waals surface area (Å²) in [4.78, 5) is 14.7. The molecular weight excluding hydrogens is 494 g/mol. The van der Waals surface area contributed by atoms with E-state index in [9.17, 15) is 13.2 Å². The van der Waals surface area contributed by atoms with E-state index in [0.29, 0.717) is 47.1 Å². The van der Waals surface area contributed by atoms with Crippen LogP contribution in [0.2, 0.25) is 5.02 Å². The lowest BCUT2D eigenvalue weighted by molar-refractivity contribution is -0.122. The molecule has 162 valence electrons. The largest absolute Gasteiger partial charge is 0.480 e. The number of halogens is 2. The Morgan fingerprint density at radius 3 is 2.37 bits per heavy atom. The normalized spacial score (nSPS) is 16.8. The van der Waals surface area contributed by atoms with E-state index in [-0.39, 0.29) is 10.8 Å². The zero-order chi connectivity index (χ0) is 21.9. The molecule has 10 heteroatoms. The lowest BCUT2D eigenvalue weighted by atomic mass is 10.3. The molecule has 1 N–H and O–H groups in total. The van der Waals surface area contributed by atoms with Crippen molar-refractivity contribution in [1.29, 1.82) is 0 Å². The molecule has 2 aromatic rings. The monoisotopic (exact) mass is 515 g/mol. The molecule has 1 aliphatic rings. The van der Waals surface area contributed by atoms with Crippen LogP contribution in [0.1, 0.15) is 6.92 Å². The number of hydrogen-bond donors (Lipinski definition) is 1. The fraction of sp³-hybridized carbons (Fsp3) is 0.350. The third-order valence-electron chi connectivity index (χ3n) is 4.79. The number of rotatable bonds is 6. The highest BCUT2D eigenvalue weighted by atomic mass is 79.9. The summed E-state index contributed by atoms with van der Waals surface area (Å²) >= 11 is 9.26. The average molecular weight is 517 g/mol. The molecule has 1 heterocycles. The number of ether oxygens (including phenoxy) is 1. The molecule has 1 fully saturated rings. The van der Waals surface area contributed by atoms with Gasteiger partial charge in [-0.25, -0.2) is 8.42 Å². The second kappa shape index (κ2) is 9.65. The number of carbonyl (C=O) groups is 1. The Hall–Kier alpha value is -1.65. The summed E-state index contributed by atoms with van der Waals surface area (Å²) in [6.45, 7) is 3.96. The molecule has 0 bridgehead atoms. The van der Waals surface area contributed by atoms with Crippen LogP contribution in [0, 0.1) is 0 Å². The summed E-state index contributed by atoms with van der Waals surface area (Å²) in [6, 6.07) is 11.2. The van der Waals surface area contributed by atoms with Gasteiger partial charge in [0.1, 0.15) is 5.75 Å². The van der Waals surface area contributed by atoms with Crippen molar-refractivity contribution >= 4 is 49.1 Å². The van der Waals surface area contributed by atoms with E-state index >= 15 is 0 Å². The van der Waals surface area contributed by atoms with Crippen LogP contribution in [0.15, 0.2) is 51.8 Å². The van der Waals surface area contributed by atoms with Crippen molar-refractivity contribution in [3.63, 3.8) is 0 Å². The van der Waals surface area contributed by atoms with E-state index in [1.54, 1.807) is 37.3 Å². The highest BCUT2D eigenvalue weighted by Gasteiger charge is 2.27. The Morgan fingerprint density at radius 1 is 1.13 bits per heavy atom. The van der Waals surface area contributed by atoms with Crippen LogP contribution < -0.4 is 10.1 Å². The third kappa shape index (κ3) is 5.53. The number of amides is 1. The highest BCUT2D eigenvalue weighted by molar-refractivity contribution is 9.10. The Labute approximate surface area is 190 Å². The van der Waals surface area contributed by atoms with E-state index < -0.39 is 16.1 Å². The smallest absolute Gasteiger partial charge is 0.265 e. The van der Waals surface area contributed by atoms with Gasteiger partial charge in [0.2, 0.25) is 10.0 Å². The van der Waals surface area contributed by atoms with Crippen LogP contribution in [0.5, 0.6) is 5.75 Å². The molecule has 7 nitrogen and oxygen atoms in total. The summed E-state index contributed by atoms with van der Waals surface area (Å²) in [6.07, 6.45) is -0.767. The van der Waals surface area contributed by atoms with Crippen LogP contribution >= 0.6 is 27.5 Å². The second-order valence-corrected chi connectivity index (χ2v) is 10.3. The minimum Gasteiger partial charge on any atom is -0.480 e. The maximum absolute atomic E-state index is 12.8. The van der Waals surface area contributed by atoms with Gasteiger partial charge in [-0.15, -0.1) is 0 Å². The molecule has 30 heavy (non-hydrogen) atoms. The fourth-order valence-corrected chi connectivity index (χ4v) is 5.14. The van der Waals surface area contributed by atoms with Crippen molar-refractivity contribution in [2.45, 2.75) is 17.9 Å². The topological polar surface area (TPSA) is 78.9 Å². The maximum atomic E-state index is 12.8. The Bertz CT molecular complexity index is 1010. The molecule has 0 aromatic heterocycles. The zero-order valence-corrected chi connectivity index (χ0v) is 19.8. The summed E-state index contributed by atoms with van der Waals surface area (Å²) in [5.74, 6) is 0.141. The molecule has 2 aromatic carbocycles. The van der Waals surface area contributed by atoms with Gasteiger partial charge in [0.05, 0.1) is 9.37 Å². The zero-order valence-electron chi connectivity index (χ0n) is 16.6. The first-order chi connectivity index (χ1) is 14.2. The number of hydrogen-bond acceptors (Lipinski definition) is 5. The summed E-state index contributed by atoms with van der Waals surface area (Å²) in [5.41, 5.74) is 0.489.